The van der Waals surface area contributed by atoms with Crippen LogP contribution in [0, 0.1) is 6.92 Å². The summed E-state index contributed by atoms with van der Waals surface area (Å²) in [4.78, 5) is 1.55. The summed E-state index contributed by atoms with van der Waals surface area (Å²) in [6, 6.07) is 1.91. The minimum absolute atomic E-state index is 0.235. The molecule has 5 heteroatoms. The van der Waals surface area contributed by atoms with E-state index in [1.54, 1.807) is 11.9 Å². The molecule has 16 heavy (non-hydrogen) atoms. The minimum Gasteiger partial charge on any atom is -0.465 e. The third kappa shape index (κ3) is 3.90. The van der Waals surface area contributed by atoms with Crippen LogP contribution >= 0.6 is 0 Å². The first-order valence-corrected chi connectivity index (χ1v) is 5.22. The van der Waals surface area contributed by atoms with Crippen molar-refractivity contribution in [2.45, 2.75) is 26.4 Å². The second kappa shape index (κ2) is 5.96. The molecule has 92 valence electrons. The van der Waals surface area contributed by atoms with Gasteiger partial charge in [0.25, 0.3) is 6.43 Å². The zero-order valence-electron chi connectivity index (χ0n) is 9.89. The van der Waals surface area contributed by atoms with Gasteiger partial charge < -0.3 is 9.73 Å². The summed E-state index contributed by atoms with van der Waals surface area (Å²) in [5, 5.41) is 3.03. The zero-order chi connectivity index (χ0) is 12.1. The van der Waals surface area contributed by atoms with Gasteiger partial charge in [-0.3, -0.25) is 4.90 Å². The van der Waals surface area contributed by atoms with Crippen LogP contribution in [0.4, 0.5) is 8.78 Å². The molecule has 0 fully saturated rings. The Bertz CT molecular complexity index is 326. The SMILES string of the molecule is CNCc1cc(CN(C)CC(F)F)oc1C. The highest BCUT2D eigenvalue weighted by atomic mass is 19.3. The van der Waals surface area contributed by atoms with E-state index in [0.717, 1.165) is 23.6 Å². The molecule has 0 amide bonds. The van der Waals surface area contributed by atoms with Crippen molar-refractivity contribution < 1.29 is 13.2 Å². The molecule has 0 aromatic carbocycles. The molecule has 0 saturated heterocycles. The molecule has 3 nitrogen and oxygen atoms in total. The molecule has 0 saturated carbocycles. The summed E-state index contributed by atoms with van der Waals surface area (Å²) in [5.41, 5.74) is 1.07. The van der Waals surface area contributed by atoms with Gasteiger partial charge >= 0.3 is 0 Å². The first kappa shape index (κ1) is 13.1. The van der Waals surface area contributed by atoms with Crippen molar-refractivity contribution in [3.63, 3.8) is 0 Å². The Labute approximate surface area is 94.4 Å². The van der Waals surface area contributed by atoms with E-state index >= 15 is 0 Å². The molecule has 0 aliphatic heterocycles. The fraction of sp³-hybridized carbons (Fsp3) is 0.636. The Balaban J connectivity index is 2.57. The molecule has 0 aliphatic carbocycles. The van der Waals surface area contributed by atoms with Gasteiger partial charge in [0.2, 0.25) is 0 Å². The Morgan fingerprint density at radius 3 is 2.75 bits per heavy atom. The van der Waals surface area contributed by atoms with Crippen molar-refractivity contribution >= 4 is 0 Å². The molecule has 1 rings (SSSR count). The summed E-state index contributed by atoms with van der Waals surface area (Å²) in [5.74, 6) is 1.57. The lowest BCUT2D eigenvalue weighted by Gasteiger charge is -2.13. The molecule has 0 unspecified atom stereocenters. The largest absolute Gasteiger partial charge is 0.465 e. The zero-order valence-corrected chi connectivity index (χ0v) is 9.89. The Kier molecular flexibility index (Phi) is 4.89. The van der Waals surface area contributed by atoms with Crippen molar-refractivity contribution in [3.05, 3.63) is 23.2 Å². The highest BCUT2D eigenvalue weighted by molar-refractivity contribution is 5.20. The van der Waals surface area contributed by atoms with E-state index in [1.165, 1.54) is 0 Å². The maximum Gasteiger partial charge on any atom is 0.251 e. The first-order valence-electron chi connectivity index (χ1n) is 5.22. The number of hydrogen-bond donors (Lipinski definition) is 1. The lowest BCUT2D eigenvalue weighted by molar-refractivity contribution is 0.0945. The van der Waals surface area contributed by atoms with Crippen molar-refractivity contribution in [1.82, 2.24) is 10.2 Å². The van der Waals surface area contributed by atoms with Crippen molar-refractivity contribution in [3.8, 4) is 0 Å². The van der Waals surface area contributed by atoms with Gasteiger partial charge in [-0.15, -0.1) is 0 Å². The minimum atomic E-state index is -2.31. The smallest absolute Gasteiger partial charge is 0.251 e. The van der Waals surface area contributed by atoms with Crippen LogP contribution in [-0.4, -0.2) is 32.0 Å². The van der Waals surface area contributed by atoms with E-state index in [4.69, 9.17) is 4.42 Å². The number of alkyl halides is 2. The van der Waals surface area contributed by atoms with Crippen LogP contribution in [0.15, 0.2) is 10.5 Å². The lowest BCUT2D eigenvalue weighted by Crippen LogP contribution is -2.23. The van der Waals surface area contributed by atoms with Crippen LogP contribution in [0.3, 0.4) is 0 Å². The fourth-order valence-electron chi connectivity index (χ4n) is 1.60. The lowest BCUT2D eigenvalue weighted by atomic mass is 10.2. The molecular formula is C11H18F2N2O. The standard InChI is InChI=1S/C11H18F2N2O/c1-8-9(5-14-2)4-10(16-8)6-15(3)7-11(12)13/h4,11,14H,5-7H2,1-3H3. The second-order valence-electron chi connectivity index (χ2n) is 3.91. The third-order valence-corrected chi connectivity index (χ3v) is 2.31. The fourth-order valence-corrected chi connectivity index (χ4v) is 1.60. The quantitative estimate of drug-likeness (QED) is 0.813. The van der Waals surface area contributed by atoms with E-state index in [1.807, 2.05) is 20.0 Å². The van der Waals surface area contributed by atoms with Crippen molar-refractivity contribution in [2.24, 2.45) is 0 Å². The average molecular weight is 232 g/mol. The molecule has 1 aromatic rings. The van der Waals surface area contributed by atoms with Gasteiger partial charge in [0, 0.05) is 12.1 Å². The molecule has 0 bridgehead atoms. The number of nitrogens with zero attached hydrogens (tertiary/aromatic N) is 1. The summed E-state index contributed by atoms with van der Waals surface area (Å²) >= 11 is 0. The Morgan fingerprint density at radius 2 is 2.19 bits per heavy atom. The molecule has 1 heterocycles. The van der Waals surface area contributed by atoms with Gasteiger partial charge in [0.15, 0.2) is 0 Å². The van der Waals surface area contributed by atoms with Crippen LogP contribution < -0.4 is 5.32 Å². The number of hydrogen-bond acceptors (Lipinski definition) is 3. The predicted molar refractivity (Wildman–Crippen MR) is 58.5 cm³/mol. The van der Waals surface area contributed by atoms with Gasteiger partial charge in [0.1, 0.15) is 11.5 Å². The average Bonchev–Trinajstić information content (AvgIpc) is 2.45. The first-order chi connectivity index (χ1) is 7.52. The monoisotopic (exact) mass is 232 g/mol. The summed E-state index contributed by atoms with van der Waals surface area (Å²) < 4.78 is 29.7. The van der Waals surface area contributed by atoms with E-state index in [-0.39, 0.29) is 6.54 Å². The predicted octanol–water partition coefficient (Wildman–Crippen LogP) is 2.00. The van der Waals surface area contributed by atoms with Crippen molar-refractivity contribution in [2.75, 3.05) is 20.6 Å². The maximum atomic E-state index is 12.1. The van der Waals surface area contributed by atoms with E-state index in [0.29, 0.717) is 6.54 Å². The maximum absolute atomic E-state index is 12.1. The second-order valence-corrected chi connectivity index (χ2v) is 3.91. The number of rotatable bonds is 6. The number of aryl methyl sites for hydroxylation is 1. The topological polar surface area (TPSA) is 28.4 Å². The number of nitrogens with one attached hydrogen (secondary N) is 1. The summed E-state index contributed by atoms with van der Waals surface area (Å²) in [6.45, 7) is 2.78. The Hall–Kier alpha value is -0.940. The van der Waals surface area contributed by atoms with Crippen LogP contribution in [0.5, 0.6) is 0 Å². The van der Waals surface area contributed by atoms with Gasteiger partial charge in [0.05, 0.1) is 13.1 Å². The summed E-state index contributed by atoms with van der Waals surface area (Å²) in [7, 11) is 3.51. The van der Waals surface area contributed by atoms with Crippen LogP contribution in [0.1, 0.15) is 17.1 Å². The normalized spacial score (nSPS) is 11.7. The molecule has 0 atom stereocenters. The van der Waals surface area contributed by atoms with Crippen LogP contribution in [0.25, 0.3) is 0 Å². The van der Waals surface area contributed by atoms with Gasteiger partial charge in [-0.2, -0.15) is 0 Å². The van der Waals surface area contributed by atoms with Crippen LogP contribution in [-0.2, 0) is 13.1 Å². The summed E-state index contributed by atoms with van der Waals surface area (Å²) in [6.07, 6.45) is -2.31. The van der Waals surface area contributed by atoms with Gasteiger partial charge in [-0.25, -0.2) is 8.78 Å². The molecule has 0 spiro atoms. The van der Waals surface area contributed by atoms with Gasteiger partial charge in [-0.1, -0.05) is 0 Å². The Morgan fingerprint density at radius 1 is 1.50 bits per heavy atom. The number of furan rings is 1. The van der Waals surface area contributed by atoms with E-state index in [2.05, 4.69) is 5.32 Å². The molecule has 0 radical (unpaired) electrons. The molecule has 1 aromatic heterocycles. The van der Waals surface area contributed by atoms with Crippen molar-refractivity contribution in [1.29, 1.82) is 0 Å². The molecule has 0 aliphatic rings. The van der Waals surface area contributed by atoms with Crippen LogP contribution in [0.2, 0.25) is 0 Å². The molecule has 1 N–H and O–H groups in total. The number of halogens is 2. The van der Waals surface area contributed by atoms with E-state index in [9.17, 15) is 8.78 Å². The highest BCUT2D eigenvalue weighted by Crippen LogP contribution is 2.16. The highest BCUT2D eigenvalue weighted by Gasteiger charge is 2.12. The third-order valence-electron chi connectivity index (χ3n) is 2.31. The van der Waals surface area contributed by atoms with Gasteiger partial charge in [-0.05, 0) is 27.1 Å². The molecular weight excluding hydrogens is 214 g/mol. The van der Waals surface area contributed by atoms with E-state index < -0.39 is 6.43 Å².